The molecule has 0 unspecified atom stereocenters. The zero-order valence-electron chi connectivity index (χ0n) is 11.2. The first-order valence-corrected chi connectivity index (χ1v) is 8.43. The van der Waals surface area contributed by atoms with Gasteiger partial charge in [0.1, 0.15) is 0 Å². The number of sulfone groups is 1. The van der Waals surface area contributed by atoms with E-state index in [9.17, 15) is 13.2 Å². The van der Waals surface area contributed by atoms with E-state index in [1.807, 2.05) is 6.07 Å². The quantitative estimate of drug-likeness (QED) is 0.833. The van der Waals surface area contributed by atoms with Crippen molar-refractivity contribution in [3.63, 3.8) is 0 Å². The van der Waals surface area contributed by atoms with E-state index in [0.717, 1.165) is 5.56 Å². The Hall–Kier alpha value is -2.02. The molecule has 2 aliphatic rings. The summed E-state index contributed by atoms with van der Waals surface area (Å²) in [5, 5.41) is 2.70. The summed E-state index contributed by atoms with van der Waals surface area (Å²) in [7, 11) is -2.98. The van der Waals surface area contributed by atoms with Crippen LogP contribution < -0.4 is 14.8 Å². The first-order chi connectivity index (χ1) is 10.0. The number of benzene rings is 1. The number of hydrogen-bond acceptors (Lipinski definition) is 5. The van der Waals surface area contributed by atoms with Crippen LogP contribution in [0.3, 0.4) is 0 Å². The van der Waals surface area contributed by atoms with Gasteiger partial charge < -0.3 is 14.8 Å². The van der Waals surface area contributed by atoms with Crippen molar-refractivity contribution < 1.29 is 22.7 Å². The predicted molar refractivity (Wildman–Crippen MR) is 76.8 cm³/mol. The molecule has 0 radical (unpaired) electrons. The molecule has 0 spiro atoms. The highest BCUT2D eigenvalue weighted by Gasteiger charge is 2.28. The minimum Gasteiger partial charge on any atom is -0.454 e. The Bertz CT molecular complexity index is 695. The van der Waals surface area contributed by atoms with E-state index in [0.29, 0.717) is 17.9 Å². The molecule has 1 saturated heterocycles. The third kappa shape index (κ3) is 3.36. The molecule has 0 saturated carbocycles. The second-order valence-corrected chi connectivity index (χ2v) is 7.28. The van der Waals surface area contributed by atoms with Crippen molar-refractivity contribution in [2.24, 2.45) is 0 Å². The van der Waals surface area contributed by atoms with Crippen LogP contribution in [0.2, 0.25) is 0 Å². The van der Waals surface area contributed by atoms with Gasteiger partial charge in [0.05, 0.1) is 11.5 Å². The molecule has 0 bridgehead atoms. The predicted octanol–water partition coefficient (Wildman–Crippen LogP) is 0.732. The maximum atomic E-state index is 11.8. The molecule has 2 aliphatic heterocycles. The van der Waals surface area contributed by atoms with Crippen molar-refractivity contribution in [1.82, 2.24) is 5.32 Å². The normalized spacial score (nSPS) is 22.6. The van der Waals surface area contributed by atoms with Crippen LogP contribution in [0, 0.1) is 0 Å². The van der Waals surface area contributed by atoms with Gasteiger partial charge >= 0.3 is 0 Å². The van der Waals surface area contributed by atoms with Crippen LogP contribution in [0.5, 0.6) is 11.5 Å². The van der Waals surface area contributed by atoms with E-state index < -0.39 is 9.84 Å². The van der Waals surface area contributed by atoms with E-state index >= 15 is 0 Å². The molecular weight excluding hydrogens is 294 g/mol. The van der Waals surface area contributed by atoms with E-state index in [-0.39, 0.29) is 30.2 Å². The fourth-order valence-corrected chi connectivity index (χ4v) is 4.02. The van der Waals surface area contributed by atoms with Crippen LogP contribution >= 0.6 is 0 Å². The van der Waals surface area contributed by atoms with Crippen LogP contribution in [0.25, 0.3) is 6.08 Å². The number of nitrogens with one attached hydrogen (secondary N) is 1. The van der Waals surface area contributed by atoms with Crippen molar-refractivity contribution in [3.8, 4) is 11.5 Å². The molecule has 7 heteroatoms. The van der Waals surface area contributed by atoms with Gasteiger partial charge in [-0.3, -0.25) is 4.79 Å². The highest BCUT2D eigenvalue weighted by Crippen LogP contribution is 2.32. The number of carbonyl (C=O) groups is 1. The lowest BCUT2D eigenvalue weighted by molar-refractivity contribution is -0.116. The van der Waals surface area contributed by atoms with E-state index in [2.05, 4.69) is 5.32 Å². The average Bonchev–Trinajstić information content (AvgIpc) is 3.02. The number of fused-ring (bicyclic) bond motifs is 1. The van der Waals surface area contributed by atoms with E-state index in [4.69, 9.17) is 9.47 Å². The van der Waals surface area contributed by atoms with Crippen molar-refractivity contribution in [2.45, 2.75) is 12.5 Å². The lowest BCUT2D eigenvalue weighted by Crippen LogP contribution is -2.34. The molecule has 2 heterocycles. The molecule has 6 nitrogen and oxygen atoms in total. The Morgan fingerprint density at radius 3 is 2.86 bits per heavy atom. The standard InChI is InChI=1S/C14H15NO5S/c16-14(15-11-5-6-21(17,18)8-11)4-2-10-1-3-12-13(7-10)20-9-19-12/h1-4,7,11H,5-6,8-9H2,(H,15,16)/b4-2+/t11-/m1/s1. The molecule has 1 N–H and O–H groups in total. The number of hydrogen-bond donors (Lipinski definition) is 1. The molecule has 112 valence electrons. The fraction of sp³-hybridized carbons (Fsp3) is 0.357. The topological polar surface area (TPSA) is 81.7 Å². The number of amides is 1. The molecule has 0 aliphatic carbocycles. The minimum absolute atomic E-state index is 0.0244. The summed E-state index contributed by atoms with van der Waals surface area (Å²) in [5.41, 5.74) is 0.813. The fourth-order valence-electron chi connectivity index (χ4n) is 2.35. The Labute approximate surface area is 122 Å². The maximum absolute atomic E-state index is 11.8. The van der Waals surface area contributed by atoms with Crippen molar-refractivity contribution >= 4 is 21.8 Å². The van der Waals surface area contributed by atoms with Gasteiger partial charge in [-0.1, -0.05) is 6.07 Å². The number of ether oxygens (including phenoxy) is 2. The summed E-state index contributed by atoms with van der Waals surface area (Å²) in [4.78, 5) is 11.8. The Kier molecular flexibility index (Phi) is 3.59. The van der Waals surface area contributed by atoms with Gasteiger partial charge in [-0.05, 0) is 30.2 Å². The second-order valence-electron chi connectivity index (χ2n) is 5.05. The van der Waals surface area contributed by atoms with Crippen LogP contribution in [0.4, 0.5) is 0 Å². The lowest BCUT2D eigenvalue weighted by atomic mass is 10.2. The zero-order valence-corrected chi connectivity index (χ0v) is 12.1. The van der Waals surface area contributed by atoms with Crippen molar-refractivity contribution in [1.29, 1.82) is 0 Å². The average molecular weight is 309 g/mol. The molecule has 3 rings (SSSR count). The molecule has 21 heavy (non-hydrogen) atoms. The summed E-state index contributed by atoms with van der Waals surface area (Å²) in [6, 6.07) is 5.09. The van der Waals surface area contributed by atoms with Crippen molar-refractivity contribution in [2.75, 3.05) is 18.3 Å². The monoisotopic (exact) mass is 309 g/mol. The Morgan fingerprint density at radius 1 is 1.29 bits per heavy atom. The van der Waals surface area contributed by atoms with Crippen molar-refractivity contribution in [3.05, 3.63) is 29.8 Å². The Morgan fingerprint density at radius 2 is 2.10 bits per heavy atom. The number of carbonyl (C=O) groups excluding carboxylic acids is 1. The number of rotatable bonds is 3. The van der Waals surface area contributed by atoms with Gasteiger partial charge in [0.15, 0.2) is 21.3 Å². The molecule has 1 amide bonds. The van der Waals surface area contributed by atoms with E-state index in [1.165, 1.54) is 6.08 Å². The first-order valence-electron chi connectivity index (χ1n) is 6.60. The SMILES string of the molecule is O=C(/C=C/c1ccc2c(c1)OCO2)N[C@@H]1CCS(=O)(=O)C1. The van der Waals surface area contributed by atoms with Gasteiger partial charge in [0.2, 0.25) is 12.7 Å². The molecule has 1 fully saturated rings. The van der Waals surface area contributed by atoms with Crippen LogP contribution in [-0.2, 0) is 14.6 Å². The minimum atomic E-state index is -2.98. The molecule has 1 aromatic carbocycles. The Balaban J connectivity index is 1.60. The largest absolute Gasteiger partial charge is 0.454 e. The second kappa shape index (κ2) is 5.40. The molecular formula is C14H15NO5S. The van der Waals surface area contributed by atoms with Crippen LogP contribution in [-0.4, -0.2) is 38.7 Å². The molecule has 0 aromatic heterocycles. The third-order valence-electron chi connectivity index (χ3n) is 3.40. The van der Waals surface area contributed by atoms with Gasteiger partial charge in [0.25, 0.3) is 0 Å². The van der Waals surface area contributed by atoms with E-state index in [1.54, 1.807) is 18.2 Å². The van der Waals surface area contributed by atoms with Crippen LogP contribution in [0.15, 0.2) is 24.3 Å². The summed E-state index contributed by atoms with van der Waals surface area (Å²) in [6.07, 6.45) is 3.52. The summed E-state index contributed by atoms with van der Waals surface area (Å²) < 4.78 is 33.1. The highest BCUT2D eigenvalue weighted by molar-refractivity contribution is 7.91. The third-order valence-corrected chi connectivity index (χ3v) is 5.17. The summed E-state index contributed by atoms with van der Waals surface area (Å²) in [6.45, 7) is 0.207. The smallest absolute Gasteiger partial charge is 0.244 e. The van der Waals surface area contributed by atoms with Crippen LogP contribution in [0.1, 0.15) is 12.0 Å². The maximum Gasteiger partial charge on any atom is 0.244 e. The highest BCUT2D eigenvalue weighted by atomic mass is 32.2. The zero-order chi connectivity index (χ0) is 14.9. The first kappa shape index (κ1) is 13.9. The van der Waals surface area contributed by atoms with Gasteiger partial charge in [-0.25, -0.2) is 8.42 Å². The lowest BCUT2D eigenvalue weighted by Gasteiger charge is -2.07. The van der Waals surface area contributed by atoms with Gasteiger partial charge in [-0.15, -0.1) is 0 Å². The summed E-state index contributed by atoms with van der Waals surface area (Å²) >= 11 is 0. The molecule has 1 atom stereocenters. The molecule has 1 aromatic rings. The summed E-state index contributed by atoms with van der Waals surface area (Å²) in [5.74, 6) is 1.21. The van der Waals surface area contributed by atoms with Gasteiger partial charge in [0, 0.05) is 12.1 Å². The van der Waals surface area contributed by atoms with Gasteiger partial charge in [-0.2, -0.15) is 0 Å².